The van der Waals surface area contributed by atoms with E-state index in [2.05, 4.69) is 417 Å². The first-order valence-electron chi connectivity index (χ1n) is 47.0. The fourth-order valence-electron chi connectivity index (χ4n) is 23.6. The molecule has 0 N–H and O–H groups in total. The molecule has 13 rings (SSSR count). The van der Waals surface area contributed by atoms with Crippen LogP contribution in [0.1, 0.15) is 315 Å². The van der Waals surface area contributed by atoms with Gasteiger partial charge in [-0.15, -0.1) is 0 Å². The highest BCUT2D eigenvalue weighted by atomic mass is 15.2. The van der Waals surface area contributed by atoms with E-state index in [0.717, 1.165) is 111 Å². The Bertz CT molecular complexity index is 4470. The highest BCUT2D eigenvalue weighted by Crippen LogP contribution is 2.62. The summed E-state index contributed by atoms with van der Waals surface area (Å²) < 4.78 is 0. The molecule has 0 fully saturated rings. The zero-order valence-electron chi connectivity index (χ0n) is 79.1. The third-order valence-electron chi connectivity index (χ3n) is 27.4. The second-order valence-corrected chi connectivity index (χ2v) is 46.2. The molecule has 6 unspecified atom stereocenters. The molecule has 3 aliphatic rings. The van der Waals surface area contributed by atoms with Crippen LogP contribution in [0.4, 0.5) is 51.2 Å². The Morgan fingerprint density at radius 1 is 0.192 bits per heavy atom. The molecule has 6 atom stereocenters. The van der Waals surface area contributed by atoms with E-state index in [1.807, 2.05) is 0 Å². The summed E-state index contributed by atoms with van der Waals surface area (Å²) in [6.07, 6.45) is 20.7. The van der Waals surface area contributed by atoms with Crippen molar-refractivity contribution < 1.29 is 0 Å². The molecule has 3 aliphatic carbocycles. The van der Waals surface area contributed by atoms with Crippen LogP contribution in [0.2, 0.25) is 0 Å². The van der Waals surface area contributed by atoms with Gasteiger partial charge in [-0.1, -0.05) is 312 Å². The van der Waals surface area contributed by atoms with Gasteiger partial charge in [-0.25, -0.2) is 0 Å². The molecule has 3 heteroatoms. The Hall–Kier alpha value is -8.40. The van der Waals surface area contributed by atoms with E-state index < -0.39 is 0 Å². The Balaban J connectivity index is 1.09. The first kappa shape index (κ1) is 89.4. The lowest BCUT2D eigenvalue weighted by Crippen LogP contribution is -2.28. The number of fused-ring (bicyclic) bond motifs is 9. The minimum absolute atomic E-state index is 0.195. The summed E-state index contributed by atoms with van der Waals surface area (Å²) >= 11 is 0. The first-order valence-corrected chi connectivity index (χ1v) is 47.0. The van der Waals surface area contributed by atoms with E-state index >= 15 is 0 Å². The number of nitrogens with zero attached hydrogens (tertiary/aromatic N) is 3. The van der Waals surface area contributed by atoms with Crippen molar-refractivity contribution >= 4 is 51.2 Å². The van der Waals surface area contributed by atoms with Crippen LogP contribution in [0.15, 0.2) is 237 Å². The molecule has 0 radical (unpaired) electrons. The molecule has 10 aromatic carbocycles. The van der Waals surface area contributed by atoms with Gasteiger partial charge in [0.15, 0.2) is 0 Å². The zero-order chi connectivity index (χ0) is 86.1. The van der Waals surface area contributed by atoms with Gasteiger partial charge in [0.2, 0.25) is 0 Å². The maximum atomic E-state index is 2.69. The van der Waals surface area contributed by atoms with E-state index in [0.29, 0.717) is 35.5 Å². The van der Waals surface area contributed by atoms with Crippen LogP contribution in [-0.4, -0.2) is 0 Å². The van der Waals surface area contributed by atoms with E-state index in [9.17, 15) is 0 Å². The first-order chi connectivity index (χ1) is 56.6. The molecule has 0 bridgehead atoms. The van der Waals surface area contributed by atoms with Crippen molar-refractivity contribution in [1.82, 2.24) is 0 Å². The molecule has 0 aromatic heterocycles. The number of hydrogen-bond acceptors (Lipinski definition) is 3. The van der Waals surface area contributed by atoms with Crippen LogP contribution in [0.5, 0.6) is 0 Å². The summed E-state index contributed by atoms with van der Waals surface area (Å²) in [6, 6.07) is 93.8. The van der Waals surface area contributed by atoms with Gasteiger partial charge in [-0.2, -0.15) is 0 Å². The highest BCUT2D eigenvalue weighted by molar-refractivity contribution is 5.94. The molecule has 0 amide bonds. The molecule has 0 saturated carbocycles. The van der Waals surface area contributed by atoms with Crippen molar-refractivity contribution in [1.29, 1.82) is 0 Å². The summed E-state index contributed by atoms with van der Waals surface area (Å²) in [4.78, 5) is 7.92. The highest BCUT2D eigenvalue weighted by Gasteiger charge is 2.48. The molecule has 0 heterocycles. The largest absolute Gasteiger partial charge is 0.310 e. The molecular weight excluding hydrogens is 1450 g/mol. The maximum Gasteiger partial charge on any atom is 0.0503 e. The number of para-hydroxylation sites is 3. The lowest BCUT2D eigenvalue weighted by atomic mass is 9.68. The minimum atomic E-state index is -0.195. The lowest BCUT2D eigenvalue weighted by molar-refractivity contribution is 0.256. The SMILES string of the molecule is CC(CCC1(CCC(C)CC(C)(C)C)c2ccccc2-c2ccc(N(c3ccccc3)c3cc(N(c4ccccc4)c4ccc5c(c4)C(CCC(C)CC(C)(C)C)(CCC(C)CC(C)(C)C)c4ccccc4-5)cc(N(c4ccccc4)c4ccc5c(c4)C(CCC(C)CC(C)(C)C)(CCC(C)CC(C)(C)C)c4ccccc4-5)c3)cc21)CC(C)(C)C. The predicted molar refractivity (Wildman–Crippen MR) is 524 cm³/mol. The molecule has 0 spiro atoms. The normalized spacial score (nSPS) is 18.5. The van der Waals surface area contributed by atoms with Crippen molar-refractivity contribution in [3.8, 4) is 33.4 Å². The van der Waals surface area contributed by atoms with Crippen LogP contribution in [0, 0.1) is 68.0 Å². The van der Waals surface area contributed by atoms with E-state index in [1.54, 1.807) is 0 Å². The molecular formula is C117H153N3. The van der Waals surface area contributed by atoms with Gasteiger partial charge >= 0.3 is 0 Å². The van der Waals surface area contributed by atoms with Crippen LogP contribution in [-0.2, 0) is 16.2 Å². The summed E-state index contributed by atoms with van der Waals surface area (Å²) in [7, 11) is 0. The number of benzene rings is 10. The summed E-state index contributed by atoms with van der Waals surface area (Å²) in [5.74, 6) is 3.41. The molecule has 0 saturated heterocycles. The van der Waals surface area contributed by atoms with Crippen LogP contribution < -0.4 is 14.7 Å². The molecule has 3 nitrogen and oxygen atoms in total. The van der Waals surface area contributed by atoms with E-state index in [-0.39, 0.29) is 48.7 Å². The van der Waals surface area contributed by atoms with Crippen molar-refractivity contribution in [2.75, 3.05) is 14.7 Å². The molecule has 10 aromatic rings. The Kier molecular flexibility index (Phi) is 26.7. The Morgan fingerprint density at radius 2 is 0.375 bits per heavy atom. The monoisotopic (exact) mass is 1600 g/mol. The minimum Gasteiger partial charge on any atom is -0.310 e. The van der Waals surface area contributed by atoms with Crippen molar-refractivity contribution in [3.63, 3.8) is 0 Å². The topological polar surface area (TPSA) is 9.72 Å². The number of hydrogen-bond donors (Lipinski definition) is 0. The van der Waals surface area contributed by atoms with Crippen molar-refractivity contribution in [2.24, 2.45) is 68.0 Å². The second kappa shape index (κ2) is 35.8. The summed E-state index contributed by atoms with van der Waals surface area (Å²) in [5.41, 5.74) is 28.4. The number of anilines is 9. The predicted octanol–water partition coefficient (Wildman–Crippen LogP) is 36.0. The molecule has 0 aliphatic heterocycles. The van der Waals surface area contributed by atoms with Crippen molar-refractivity contribution in [2.45, 2.75) is 298 Å². The lowest BCUT2D eigenvalue weighted by Gasteiger charge is -2.37. The van der Waals surface area contributed by atoms with E-state index in [1.165, 1.54) is 122 Å². The standard InChI is InChI=1S/C117H153N3/c1-82(76-109(7,8)9)58-64-115(65-59-83(2)77-110(10,11)12)103-49-37-34-46-97(103)100-55-52-91(73-106(100)115)118(88-40-28-25-29-41-88)94-70-95(119(89-42-30-26-31-43-89)92-53-56-101-98-47-35-38-50-104(98)116(107(101)74-92,66-60-84(3)78-111(13,14)15)67-61-85(4)79-112(16,17)18)72-96(71-94)120(90-44-32-27-33-45-90)93-54-57-102-99-48-36-39-51-105(99)117(108(102)75-93,68-62-86(5)80-113(19,20)21)69-63-87(6)81-114(22,23)24/h25-57,70-75,82-87H,58-69,76-81H2,1-24H3. The Morgan fingerprint density at radius 3 is 0.575 bits per heavy atom. The maximum absolute atomic E-state index is 2.69. The van der Waals surface area contributed by atoms with Gasteiger partial charge < -0.3 is 14.7 Å². The zero-order valence-corrected chi connectivity index (χ0v) is 79.1. The third-order valence-corrected chi connectivity index (χ3v) is 27.4. The van der Waals surface area contributed by atoms with Crippen LogP contribution in [0.25, 0.3) is 33.4 Å². The quantitative estimate of drug-likeness (QED) is 0.0406. The smallest absolute Gasteiger partial charge is 0.0503 e. The van der Waals surface area contributed by atoms with Gasteiger partial charge in [-0.3, -0.25) is 0 Å². The van der Waals surface area contributed by atoms with E-state index in [4.69, 9.17) is 0 Å². The second-order valence-electron chi connectivity index (χ2n) is 46.2. The fraction of sp³-hybridized carbons (Fsp3) is 0.487. The average molecular weight is 1600 g/mol. The van der Waals surface area contributed by atoms with Gasteiger partial charge in [-0.05, 0) is 341 Å². The fourth-order valence-corrected chi connectivity index (χ4v) is 23.6. The third kappa shape index (κ3) is 20.7. The van der Waals surface area contributed by atoms with Crippen LogP contribution in [0.3, 0.4) is 0 Å². The number of rotatable bonds is 33. The van der Waals surface area contributed by atoms with Gasteiger partial charge in [0, 0.05) is 50.4 Å². The van der Waals surface area contributed by atoms with Gasteiger partial charge in [0.1, 0.15) is 0 Å². The average Bonchev–Trinajstić information content (AvgIpc) is 1.57. The van der Waals surface area contributed by atoms with Crippen LogP contribution >= 0.6 is 0 Å². The van der Waals surface area contributed by atoms with Gasteiger partial charge in [0.25, 0.3) is 0 Å². The van der Waals surface area contributed by atoms with Crippen molar-refractivity contribution in [3.05, 3.63) is 270 Å². The molecule has 120 heavy (non-hydrogen) atoms. The summed E-state index contributed by atoms with van der Waals surface area (Å²) in [5, 5.41) is 0. The van der Waals surface area contributed by atoms with Gasteiger partial charge in [0.05, 0.1) is 17.1 Å². The Labute approximate surface area is 730 Å². The molecule has 636 valence electrons. The summed E-state index contributed by atoms with van der Waals surface area (Å²) in [6.45, 7) is 59.0.